The Labute approximate surface area is 113 Å². The Hall–Kier alpha value is -1.73. The molecule has 108 valence electrons. The molecule has 0 aromatic heterocycles. The van der Waals surface area contributed by atoms with E-state index in [9.17, 15) is 22.8 Å². The van der Waals surface area contributed by atoms with E-state index in [-0.39, 0.29) is 13.0 Å². The summed E-state index contributed by atoms with van der Waals surface area (Å²) in [6, 6.07) is 3.85. The topological polar surface area (TPSA) is 58.2 Å². The minimum absolute atomic E-state index is 0.177. The lowest BCUT2D eigenvalue weighted by Gasteiger charge is -2.30. The summed E-state index contributed by atoms with van der Waals surface area (Å²) in [5, 5.41) is 5.72. The molecule has 2 atom stereocenters. The molecular weight excluding hydrogens is 273 g/mol. The number of rotatable bonds is 3. The van der Waals surface area contributed by atoms with Gasteiger partial charge in [0.25, 0.3) is 0 Å². The summed E-state index contributed by atoms with van der Waals surface area (Å²) in [5.74, 6) is -0.699. The second-order valence-electron chi connectivity index (χ2n) is 4.79. The van der Waals surface area contributed by atoms with E-state index in [0.29, 0.717) is 5.56 Å². The molecule has 0 amide bonds. The van der Waals surface area contributed by atoms with E-state index in [1.54, 1.807) is 6.92 Å². The normalized spacial score (nSPS) is 26.5. The molecule has 0 aliphatic carbocycles. The maximum atomic E-state index is 12.7. The van der Waals surface area contributed by atoms with E-state index in [0.717, 1.165) is 12.1 Å². The molecule has 0 spiro atoms. The van der Waals surface area contributed by atoms with Crippen LogP contribution in [0.2, 0.25) is 0 Å². The van der Waals surface area contributed by atoms with Crippen molar-refractivity contribution in [1.29, 1.82) is 0 Å². The van der Waals surface area contributed by atoms with Crippen LogP contribution in [0, 0.1) is 0 Å². The van der Waals surface area contributed by atoms with Crippen LogP contribution in [-0.4, -0.2) is 24.8 Å². The first kappa shape index (κ1) is 14.7. The fraction of sp³-hybridized carbons (Fsp3) is 0.385. The number of hydrogen-bond acceptors (Lipinski definition) is 4. The highest BCUT2D eigenvalue weighted by atomic mass is 19.4. The molecule has 2 unspecified atom stereocenters. The standard InChI is InChI=1S/C13H13F3N2O2/c1-12(11(10(20)6-19)17-7-18-12)8-3-2-4-9(5-8)13(14,15)16/h2-6,11,17-18H,7H2,1H3. The average molecular weight is 286 g/mol. The Morgan fingerprint density at radius 1 is 1.45 bits per heavy atom. The van der Waals surface area contributed by atoms with E-state index < -0.39 is 29.1 Å². The smallest absolute Gasteiger partial charge is 0.295 e. The second kappa shape index (κ2) is 4.99. The third-order valence-electron chi connectivity index (χ3n) is 3.53. The number of alkyl halides is 3. The lowest BCUT2D eigenvalue weighted by Crippen LogP contribution is -2.49. The minimum atomic E-state index is -4.46. The quantitative estimate of drug-likeness (QED) is 0.648. The van der Waals surface area contributed by atoms with Crippen molar-refractivity contribution in [2.45, 2.75) is 24.7 Å². The molecule has 2 rings (SSSR count). The van der Waals surface area contributed by atoms with Crippen LogP contribution in [0.15, 0.2) is 24.3 Å². The average Bonchev–Trinajstić information content (AvgIpc) is 2.80. The molecule has 1 aliphatic rings. The largest absolute Gasteiger partial charge is 0.416 e. The summed E-state index contributed by atoms with van der Waals surface area (Å²) >= 11 is 0. The van der Waals surface area contributed by atoms with Crippen LogP contribution in [-0.2, 0) is 21.3 Å². The third-order valence-corrected chi connectivity index (χ3v) is 3.53. The molecule has 0 radical (unpaired) electrons. The van der Waals surface area contributed by atoms with Crippen LogP contribution in [0.4, 0.5) is 13.2 Å². The van der Waals surface area contributed by atoms with E-state index in [2.05, 4.69) is 10.6 Å². The lowest BCUT2D eigenvalue weighted by molar-refractivity contribution is -0.137. The highest BCUT2D eigenvalue weighted by Gasteiger charge is 2.44. The number of ketones is 1. The Balaban J connectivity index is 2.44. The molecule has 1 aliphatic heterocycles. The monoisotopic (exact) mass is 286 g/mol. The number of aldehydes is 1. The van der Waals surface area contributed by atoms with E-state index in [1.807, 2.05) is 0 Å². The van der Waals surface area contributed by atoms with Gasteiger partial charge in [0, 0.05) is 6.67 Å². The van der Waals surface area contributed by atoms with Crippen molar-refractivity contribution in [1.82, 2.24) is 10.6 Å². The first-order valence-corrected chi connectivity index (χ1v) is 5.94. The Morgan fingerprint density at radius 3 is 2.75 bits per heavy atom. The fourth-order valence-electron chi connectivity index (χ4n) is 2.38. The lowest BCUT2D eigenvalue weighted by atomic mass is 9.83. The van der Waals surface area contributed by atoms with Gasteiger partial charge in [0.1, 0.15) is 0 Å². The number of hydrogen-bond donors (Lipinski definition) is 2. The number of carbonyl (C=O) groups is 2. The molecular formula is C13H13F3N2O2. The highest BCUT2D eigenvalue weighted by Crippen LogP contribution is 2.34. The number of halogens is 3. The number of Topliss-reactive ketones (excluding diaryl/α,β-unsaturated/α-hetero) is 1. The number of carbonyl (C=O) groups excluding carboxylic acids is 2. The van der Waals surface area contributed by atoms with Gasteiger partial charge in [0.05, 0.1) is 17.1 Å². The van der Waals surface area contributed by atoms with Gasteiger partial charge in [0.2, 0.25) is 5.78 Å². The molecule has 0 saturated carbocycles. The Morgan fingerprint density at radius 2 is 2.15 bits per heavy atom. The first-order chi connectivity index (χ1) is 9.29. The Bertz CT molecular complexity index is 545. The van der Waals surface area contributed by atoms with Crippen LogP contribution in [0.25, 0.3) is 0 Å². The van der Waals surface area contributed by atoms with Crippen molar-refractivity contribution < 1.29 is 22.8 Å². The number of nitrogens with one attached hydrogen (secondary N) is 2. The minimum Gasteiger partial charge on any atom is -0.295 e. The van der Waals surface area contributed by atoms with Gasteiger partial charge in [-0.2, -0.15) is 13.2 Å². The van der Waals surface area contributed by atoms with Crippen molar-refractivity contribution in [2.75, 3.05) is 6.67 Å². The molecule has 1 saturated heterocycles. The summed E-state index contributed by atoms with van der Waals surface area (Å²) < 4.78 is 38.2. The maximum absolute atomic E-state index is 12.7. The van der Waals surface area contributed by atoms with E-state index in [4.69, 9.17) is 0 Å². The molecule has 4 nitrogen and oxygen atoms in total. The molecule has 2 N–H and O–H groups in total. The molecule has 7 heteroatoms. The summed E-state index contributed by atoms with van der Waals surface area (Å²) in [7, 11) is 0. The van der Waals surface area contributed by atoms with Gasteiger partial charge < -0.3 is 0 Å². The van der Waals surface area contributed by atoms with Crippen LogP contribution in [0.3, 0.4) is 0 Å². The predicted molar refractivity (Wildman–Crippen MR) is 64.8 cm³/mol. The maximum Gasteiger partial charge on any atom is 0.416 e. The van der Waals surface area contributed by atoms with Crippen LogP contribution < -0.4 is 10.6 Å². The number of benzene rings is 1. The fourth-order valence-corrected chi connectivity index (χ4v) is 2.38. The van der Waals surface area contributed by atoms with Gasteiger partial charge in [-0.3, -0.25) is 20.2 Å². The van der Waals surface area contributed by atoms with E-state index in [1.165, 1.54) is 12.1 Å². The van der Waals surface area contributed by atoms with Gasteiger partial charge in [0.15, 0.2) is 6.29 Å². The van der Waals surface area contributed by atoms with Crippen LogP contribution in [0.1, 0.15) is 18.1 Å². The molecule has 0 bridgehead atoms. The van der Waals surface area contributed by atoms with Crippen molar-refractivity contribution in [3.8, 4) is 0 Å². The first-order valence-electron chi connectivity index (χ1n) is 5.94. The highest BCUT2D eigenvalue weighted by molar-refractivity contribution is 6.28. The zero-order valence-electron chi connectivity index (χ0n) is 10.6. The SMILES string of the molecule is CC1(c2cccc(C(F)(F)F)c2)NCNC1C(=O)C=O. The van der Waals surface area contributed by atoms with Crippen LogP contribution >= 0.6 is 0 Å². The van der Waals surface area contributed by atoms with Gasteiger partial charge in [-0.1, -0.05) is 12.1 Å². The van der Waals surface area contributed by atoms with Gasteiger partial charge >= 0.3 is 6.18 Å². The van der Waals surface area contributed by atoms with Gasteiger partial charge in [-0.05, 0) is 24.6 Å². The molecule has 20 heavy (non-hydrogen) atoms. The Kier molecular flexibility index (Phi) is 3.66. The van der Waals surface area contributed by atoms with Crippen LogP contribution in [0.5, 0.6) is 0 Å². The molecule has 1 fully saturated rings. The summed E-state index contributed by atoms with van der Waals surface area (Å²) in [6.45, 7) is 1.82. The summed E-state index contributed by atoms with van der Waals surface area (Å²) in [6.07, 6.45) is -4.28. The van der Waals surface area contributed by atoms with Crippen molar-refractivity contribution in [2.24, 2.45) is 0 Å². The molecule has 1 aromatic rings. The van der Waals surface area contributed by atoms with Gasteiger partial charge in [-0.15, -0.1) is 0 Å². The molecule has 1 heterocycles. The van der Waals surface area contributed by atoms with E-state index >= 15 is 0 Å². The van der Waals surface area contributed by atoms with Crippen molar-refractivity contribution in [3.05, 3.63) is 35.4 Å². The molecule has 1 aromatic carbocycles. The van der Waals surface area contributed by atoms with Crippen molar-refractivity contribution in [3.63, 3.8) is 0 Å². The zero-order chi connectivity index (χ0) is 15.0. The zero-order valence-corrected chi connectivity index (χ0v) is 10.6. The third kappa shape index (κ3) is 2.46. The summed E-state index contributed by atoms with van der Waals surface area (Å²) in [4.78, 5) is 22.2. The van der Waals surface area contributed by atoms with Gasteiger partial charge in [-0.25, -0.2) is 0 Å². The van der Waals surface area contributed by atoms with Crippen molar-refractivity contribution >= 4 is 12.1 Å². The predicted octanol–water partition coefficient (Wildman–Crippen LogP) is 1.21. The summed E-state index contributed by atoms with van der Waals surface area (Å²) in [5.41, 5.74) is -1.54. The second-order valence-corrected chi connectivity index (χ2v) is 4.79.